The number of aliphatic hydroxyl groups is 1. The van der Waals surface area contributed by atoms with Crippen molar-refractivity contribution in [1.82, 2.24) is 9.78 Å². The summed E-state index contributed by atoms with van der Waals surface area (Å²) in [5.41, 5.74) is 3.14. The summed E-state index contributed by atoms with van der Waals surface area (Å²) in [4.78, 5) is 12.8. The van der Waals surface area contributed by atoms with Crippen LogP contribution in [0.4, 0.5) is 0 Å². The molecule has 6 nitrogen and oxygen atoms in total. The van der Waals surface area contributed by atoms with Crippen molar-refractivity contribution in [3.8, 4) is 10.8 Å². The fraction of sp³-hybridized carbons (Fsp3) is 0.217. The number of aliphatic hydroxyl groups excluding tert-OH is 1. The van der Waals surface area contributed by atoms with Crippen LogP contribution in [0.1, 0.15) is 22.8 Å². The number of benzene rings is 2. The zero-order valence-corrected chi connectivity index (χ0v) is 17.3. The molecule has 2 atom stereocenters. The standard InChI is InChI=1S/C23H22N2O4S/c1-16-8-5-6-11-19(16)21(17-9-3-2-4-10-17)28-15-18(26)14-25-23(27)29-22(24-25)20-12-7-13-30-20/h2-13,18,21,26H,14-15H2,1H3. The Morgan fingerprint density at radius 1 is 1.10 bits per heavy atom. The van der Waals surface area contributed by atoms with E-state index in [9.17, 15) is 9.90 Å². The smallest absolute Gasteiger partial charge is 0.389 e. The van der Waals surface area contributed by atoms with Gasteiger partial charge in [0.1, 0.15) is 6.10 Å². The molecule has 4 aromatic rings. The summed E-state index contributed by atoms with van der Waals surface area (Å²) in [6, 6.07) is 21.6. The van der Waals surface area contributed by atoms with Crippen molar-refractivity contribution in [3.05, 3.63) is 99.4 Å². The third kappa shape index (κ3) is 4.59. The molecule has 0 fully saturated rings. The Kier molecular flexibility index (Phi) is 6.23. The van der Waals surface area contributed by atoms with Crippen molar-refractivity contribution < 1.29 is 14.3 Å². The first-order valence-electron chi connectivity index (χ1n) is 9.64. The molecule has 1 N–H and O–H groups in total. The van der Waals surface area contributed by atoms with Gasteiger partial charge in [-0.3, -0.25) is 0 Å². The van der Waals surface area contributed by atoms with Gasteiger partial charge in [0.2, 0.25) is 0 Å². The second-order valence-electron chi connectivity index (χ2n) is 6.97. The molecule has 0 aliphatic heterocycles. The van der Waals surface area contributed by atoms with Crippen LogP contribution < -0.4 is 5.76 Å². The Labute approximate surface area is 178 Å². The highest BCUT2D eigenvalue weighted by Crippen LogP contribution is 2.28. The normalized spacial score (nSPS) is 13.3. The van der Waals surface area contributed by atoms with E-state index in [1.807, 2.05) is 79.0 Å². The summed E-state index contributed by atoms with van der Waals surface area (Å²) in [7, 11) is 0. The average molecular weight is 423 g/mol. The third-order valence-corrected chi connectivity index (χ3v) is 5.61. The lowest BCUT2D eigenvalue weighted by Gasteiger charge is -2.22. The second kappa shape index (κ2) is 9.21. The number of rotatable bonds is 8. The van der Waals surface area contributed by atoms with E-state index in [0.29, 0.717) is 0 Å². The van der Waals surface area contributed by atoms with Gasteiger partial charge in [0, 0.05) is 0 Å². The zero-order chi connectivity index (χ0) is 20.9. The summed E-state index contributed by atoms with van der Waals surface area (Å²) < 4.78 is 12.5. The van der Waals surface area contributed by atoms with Crippen molar-refractivity contribution in [2.24, 2.45) is 0 Å². The van der Waals surface area contributed by atoms with Gasteiger partial charge >= 0.3 is 5.76 Å². The van der Waals surface area contributed by atoms with Gasteiger partial charge in [-0.05, 0) is 35.1 Å². The first-order valence-corrected chi connectivity index (χ1v) is 10.5. The van der Waals surface area contributed by atoms with Gasteiger partial charge in [-0.25, -0.2) is 4.79 Å². The van der Waals surface area contributed by atoms with Crippen LogP contribution in [0.2, 0.25) is 0 Å². The van der Waals surface area contributed by atoms with Crippen molar-refractivity contribution in [1.29, 1.82) is 0 Å². The molecule has 0 aliphatic carbocycles. The van der Waals surface area contributed by atoms with Gasteiger partial charge < -0.3 is 14.3 Å². The van der Waals surface area contributed by atoms with E-state index in [4.69, 9.17) is 9.15 Å². The molecule has 4 rings (SSSR count). The van der Waals surface area contributed by atoms with E-state index in [0.717, 1.165) is 26.2 Å². The van der Waals surface area contributed by atoms with E-state index in [1.165, 1.54) is 11.3 Å². The highest BCUT2D eigenvalue weighted by Gasteiger charge is 2.20. The Balaban J connectivity index is 1.48. The highest BCUT2D eigenvalue weighted by atomic mass is 32.1. The topological polar surface area (TPSA) is 77.5 Å². The molecule has 2 unspecified atom stereocenters. The van der Waals surface area contributed by atoms with E-state index >= 15 is 0 Å². The van der Waals surface area contributed by atoms with Crippen LogP contribution in [0.15, 0.2) is 81.3 Å². The molecule has 0 radical (unpaired) electrons. The lowest BCUT2D eigenvalue weighted by molar-refractivity contribution is -0.00277. The van der Waals surface area contributed by atoms with Gasteiger partial charge in [-0.15, -0.1) is 16.4 Å². The number of thiophene rings is 1. The first-order chi connectivity index (χ1) is 14.6. The zero-order valence-electron chi connectivity index (χ0n) is 16.5. The minimum Gasteiger partial charge on any atom is -0.389 e. The number of hydrogen-bond acceptors (Lipinski definition) is 6. The minimum absolute atomic E-state index is 0.0109. The molecular formula is C23H22N2O4S. The molecule has 30 heavy (non-hydrogen) atoms. The molecular weight excluding hydrogens is 400 g/mol. The number of aromatic nitrogens is 2. The summed E-state index contributed by atoms with van der Waals surface area (Å²) in [6.45, 7) is 2.07. The maximum atomic E-state index is 12.1. The molecule has 2 aromatic heterocycles. The monoisotopic (exact) mass is 422 g/mol. The quantitative estimate of drug-likeness (QED) is 0.464. The van der Waals surface area contributed by atoms with Crippen LogP contribution in [0.5, 0.6) is 0 Å². The first kappa shape index (κ1) is 20.3. The lowest BCUT2D eigenvalue weighted by Crippen LogP contribution is -2.28. The highest BCUT2D eigenvalue weighted by molar-refractivity contribution is 7.13. The largest absolute Gasteiger partial charge is 0.437 e. The van der Waals surface area contributed by atoms with Crippen molar-refractivity contribution in [3.63, 3.8) is 0 Å². The number of ether oxygens (including phenoxy) is 1. The molecule has 0 aliphatic rings. The van der Waals surface area contributed by atoms with E-state index < -0.39 is 11.9 Å². The molecule has 0 saturated heterocycles. The van der Waals surface area contributed by atoms with Crippen LogP contribution in [-0.2, 0) is 11.3 Å². The Morgan fingerprint density at radius 3 is 2.60 bits per heavy atom. The van der Waals surface area contributed by atoms with Gasteiger partial charge in [-0.1, -0.05) is 60.7 Å². The lowest BCUT2D eigenvalue weighted by atomic mass is 9.97. The fourth-order valence-electron chi connectivity index (χ4n) is 3.26. The summed E-state index contributed by atoms with van der Waals surface area (Å²) in [6.07, 6.45) is -1.24. The number of nitrogens with zero attached hydrogens (tertiary/aromatic N) is 2. The van der Waals surface area contributed by atoms with Crippen molar-refractivity contribution >= 4 is 11.3 Å². The van der Waals surface area contributed by atoms with Crippen LogP contribution in [0.3, 0.4) is 0 Å². The van der Waals surface area contributed by atoms with Gasteiger partial charge in [0.25, 0.3) is 5.89 Å². The molecule has 0 bridgehead atoms. The van der Waals surface area contributed by atoms with Gasteiger partial charge in [0.05, 0.1) is 24.1 Å². The molecule has 7 heteroatoms. The summed E-state index contributed by atoms with van der Waals surface area (Å²) in [5.74, 6) is -0.346. The Bertz CT molecular complexity index is 1140. The average Bonchev–Trinajstić information content (AvgIpc) is 3.41. The van der Waals surface area contributed by atoms with E-state index in [2.05, 4.69) is 5.10 Å². The maximum Gasteiger partial charge on any atom is 0.437 e. The molecule has 0 saturated carbocycles. The third-order valence-electron chi connectivity index (χ3n) is 4.75. The predicted molar refractivity (Wildman–Crippen MR) is 115 cm³/mol. The van der Waals surface area contributed by atoms with Crippen molar-refractivity contribution in [2.45, 2.75) is 25.7 Å². The van der Waals surface area contributed by atoms with Crippen LogP contribution in [0, 0.1) is 6.92 Å². The Morgan fingerprint density at radius 2 is 1.87 bits per heavy atom. The molecule has 0 amide bonds. The minimum atomic E-state index is -0.917. The summed E-state index contributed by atoms with van der Waals surface area (Å²) >= 11 is 1.43. The second-order valence-corrected chi connectivity index (χ2v) is 7.91. The van der Waals surface area contributed by atoms with Crippen LogP contribution in [0.25, 0.3) is 10.8 Å². The molecule has 154 valence electrons. The Hall–Kier alpha value is -3.00. The van der Waals surface area contributed by atoms with Gasteiger partial charge in [-0.2, -0.15) is 4.68 Å². The molecule has 2 heterocycles. The van der Waals surface area contributed by atoms with Gasteiger partial charge in [0.15, 0.2) is 0 Å². The predicted octanol–water partition coefficient (Wildman–Crippen LogP) is 4.04. The van der Waals surface area contributed by atoms with E-state index in [-0.39, 0.29) is 25.1 Å². The van der Waals surface area contributed by atoms with E-state index in [1.54, 1.807) is 0 Å². The number of aryl methyl sites for hydroxylation is 1. The summed E-state index contributed by atoms with van der Waals surface area (Å²) in [5, 5.41) is 16.6. The number of hydrogen-bond donors (Lipinski definition) is 1. The molecule has 2 aromatic carbocycles. The maximum absolute atomic E-state index is 12.1. The fourth-order valence-corrected chi connectivity index (χ4v) is 3.90. The van der Waals surface area contributed by atoms with Crippen molar-refractivity contribution in [2.75, 3.05) is 6.61 Å². The van der Waals surface area contributed by atoms with Crippen LogP contribution in [-0.4, -0.2) is 27.6 Å². The molecule has 0 spiro atoms. The SMILES string of the molecule is Cc1ccccc1C(OCC(O)Cn1nc(-c2cccs2)oc1=O)c1ccccc1. The van der Waals surface area contributed by atoms with Crippen LogP contribution >= 0.6 is 11.3 Å².